The molecule has 168 valence electrons. The van der Waals surface area contributed by atoms with Crippen molar-refractivity contribution < 1.29 is 9.59 Å². The lowest BCUT2D eigenvalue weighted by molar-refractivity contribution is 0.0629. The van der Waals surface area contributed by atoms with Gasteiger partial charge in [-0.1, -0.05) is 24.3 Å². The van der Waals surface area contributed by atoms with E-state index in [9.17, 15) is 9.59 Å². The number of rotatable bonds is 2. The van der Waals surface area contributed by atoms with Crippen LogP contribution in [0, 0.1) is 0 Å². The van der Waals surface area contributed by atoms with Gasteiger partial charge in [-0.3, -0.25) is 9.59 Å². The topological polar surface area (TPSA) is 64.7 Å². The minimum atomic E-state index is 0.0302. The molecular weight excluding hydrogens is 400 g/mol. The van der Waals surface area contributed by atoms with Gasteiger partial charge in [0.25, 0.3) is 11.8 Å². The standard InChI is InChI=1S/C26H32N4O2/c1-18(2)30-14-11-27-23-15-19(7-8-22(23)25(30)32)24(31)29-12-9-26(10-13-29)16-20-5-3-4-6-21(20)17-28-26/h3-8,15,18,27-28H,9-14,16-17H2,1-2H3. The third-order valence-corrected chi connectivity index (χ3v) is 7.36. The summed E-state index contributed by atoms with van der Waals surface area (Å²) < 4.78 is 0. The molecule has 6 nitrogen and oxygen atoms in total. The molecule has 1 spiro atoms. The molecule has 0 unspecified atom stereocenters. The maximum absolute atomic E-state index is 13.3. The van der Waals surface area contributed by atoms with Crippen molar-refractivity contribution in [3.05, 3.63) is 64.7 Å². The Kier molecular flexibility index (Phi) is 5.41. The van der Waals surface area contributed by atoms with Crippen LogP contribution in [0.15, 0.2) is 42.5 Å². The lowest BCUT2D eigenvalue weighted by Crippen LogP contribution is -2.57. The maximum Gasteiger partial charge on any atom is 0.256 e. The molecule has 5 rings (SSSR count). The van der Waals surface area contributed by atoms with Crippen molar-refractivity contribution in [3.8, 4) is 0 Å². The first-order valence-corrected chi connectivity index (χ1v) is 11.8. The predicted molar refractivity (Wildman–Crippen MR) is 126 cm³/mol. The van der Waals surface area contributed by atoms with Crippen LogP contribution in [0.4, 0.5) is 5.69 Å². The van der Waals surface area contributed by atoms with Crippen LogP contribution in [0.2, 0.25) is 0 Å². The fourth-order valence-electron chi connectivity index (χ4n) is 5.36. The third kappa shape index (κ3) is 3.77. The number of anilines is 1. The summed E-state index contributed by atoms with van der Waals surface area (Å²) in [5.41, 5.74) is 4.98. The highest BCUT2D eigenvalue weighted by Crippen LogP contribution is 2.32. The zero-order valence-corrected chi connectivity index (χ0v) is 19.0. The van der Waals surface area contributed by atoms with Crippen LogP contribution in [-0.2, 0) is 13.0 Å². The molecule has 0 radical (unpaired) electrons. The summed E-state index contributed by atoms with van der Waals surface area (Å²) in [5, 5.41) is 7.12. The smallest absolute Gasteiger partial charge is 0.256 e. The first-order valence-electron chi connectivity index (χ1n) is 11.8. The molecule has 2 N–H and O–H groups in total. The van der Waals surface area contributed by atoms with Gasteiger partial charge in [0, 0.05) is 55.6 Å². The Morgan fingerprint density at radius 3 is 2.53 bits per heavy atom. The Balaban J connectivity index is 1.28. The second kappa shape index (κ2) is 8.24. The minimum Gasteiger partial charge on any atom is -0.383 e. The van der Waals surface area contributed by atoms with Crippen molar-refractivity contribution >= 4 is 17.5 Å². The van der Waals surface area contributed by atoms with E-state index in [2.05, 4.69) is 34.9 Å². The van der Waals surface area contributed by atoms with Crippen LogP contribution in [0.1, 0.15) is 58.5 Å². The highest BCUT2D eigenvalue weighted by Gasteiger charge is 2.38. The van der Waals surface area contributed by atoms with Crippen molar-refractivity contribution in [2.75, 3.05) is 31.5 Å². The van der Waals surface area contributed by atoms with Gasteiger partial charge in [0.15, 0.2) is 0 Å². The average Bonchev–Trinajstić information content (AvgIpc) is 2.97. The lowest BCUT2D eigenvalue weighted by atomic mass is 9.78. The van der Waals surface area contributed by atoms with E-state index in [4.69, 9.17) is 0 Å². The van der Waals surface area contributed by atoms with Gasteiger partial charge >= 0.3 is 0 Å². The quantitative estimate of drug-likeness (QED) is 0.765. The van der Waals surface area contributed by atoms with Crippen molar-refractivity contribution in [2.45, 2.75) is 51.2 Å². The van der Waals surface area contributed by atoms with Gasteiger partial charge in [-0.25, -0.2) is 0 Å². The summed E-state index contributed by atoms with van der Waals surface area (Å²) in [4.78, 5) is 30.0. The van der Waals surface area contributed by atoms with Crippen LogP contribution in [0.5, 0.6) is 0 Å². The van der Waals surface area contributed by atoms with E-state index in [1.54, 1.807) is 0 Å². The zero-order valence-electron chi connectivity index (χ0n) is 19.0. The van der Waals surface area contributed by atoms with Crippen molar-refractivity contribution in [2.24, 2.45) is 0 Å². The molecule has 0 aliphatic carbocycles. The fourth-order valence-corrected chi connectivity index (χ4v) is 5.36. The molecule has 6 heteroatoms. The summed E-state index contributed by atoms with van der Waals surface area (Å²) >= 11 is 0. The molecule has 3 aliphatic heterocycles. The monoisotopic (exact) mass is 432 g/mol. The van der Waals surface area contributed by atoms with Gasteiger partial charge in [-0.2, -0.15) is 0 Å². The van der Waals surface area contributed by atoms with Gasteiger partial charge in [0.05, 0.1) is 5.56 Å². The Labute approximate surface area is 190 Å². The molecule has 2 amide bonds. The van der Waals surface area contributed by atoms with E-state index >= 15 is 0 Å². The van der Waals surface area contributed by atoms with Crippen LogP contribution in [0.25, 0.3) is 0 Å². The number of carbonyl (C=O) groups is 2. The van der Waals surface area contributed by atoms with Crippen LogP contribution < -0.4 is 10.6 Å². The van der Waals surface area contributed by atoms with Crippen molar-refractivity contribution in [1.82, 2.24) is 15.1 Å². The van der Waals surface area contributed by atoms with E-state index in [0.717, 1.165) is 44.6 Å². The molecule has 1 saturated heterocycles. The van der Waals surface area contributed by atoms with Gasteiger partial charge in [-0.05, 0) is 62.4 Å². The van der Waals surface area contributed by atoms with Crippen LogP contribution in [0.3, 0.4) is 0 Å². The summed E-state index contributed by atoms with van der Waals surface area (Å²) in [7, 11) is 0. The Morgan fingerprint density at radius 2 is 1.78 bits per heavy atom. The van der Waals surface area contributed by atoms with E-state index in [1.807, 2.05) is 41.8 Å². The average molecular weight is 433 g/mol. The molecule has 32 heavy (non-hydrogen) atoms. The summed E-state index contributed by atoms with van der Waals surface area (Å²) in [5.74, 6) is 0.0839. The number of piperidine rings is 1. The first kappa shape index (κ1) is 21.0. The van der Waals surface area contributed by atoms with Crippen LogP contribution in [-0.4, -0.2) is 59.4 Å². The largest absolute Gasteiger partial charge is 0.383 e. The normalized spacial score (nSPS) is 19.9. The Hall–Kier alpha value is -2.86. The Morgan fingerprint density at radius 1 is 1.03 bits per heavy atom. The number of amides is 2. The van der Waals surface area contributed by atoms with Crippen molar-refractivity contribution in [1.29, 1.82) is 0 Å². The molecule has 2 aromatic carbocycles. The van der Waals surface area contributed by atoms with Gasteiger partial charge in [0.2, 0.25) is 0 Å². The highest BCUT2D eigenvalue weighted by atomic mass is 16.2. The van der Waals surface area contributed by atoms with E-state index in [1.165, 1.54) is 11.1 Å². The Bertz CT molecular complexity index is 1040. The molecule has 0 saturated carbocycles. The number of benzene rings is 2. The molecule has 0 aromatic heterocycles. The van der Waals surface area contributed by atoms with Crippen LogP contribution >= 0.6 is 0 Å². The highest BCUT2D eigenvalue weighted by molar-refractivity contribution is 6.03. The number of hydrogen-bond acceptors (Lipinski definition) is 4. The number of hydrogen-bond donors (Lipinski definition) is 2. The molecule has 1 fully saturated rings. The summed E-state index contributed by atoms with van der Waals surface area (Å²) in [6.45, 7) is 7.82. The number of carbonyl (C=O) groups excluding carboxylic acids is 2. The minimum absolute atomic E-state index is 0.0302. The molecule has 0 atom stereocenters. The second-order valence-corrected chi connectivity index (χ2v) is 9.65. The van der Waals surface area contributed by atoms with Gasteiger partial charge < -0.3 is 20.4 Å². The van der Waals surface area contributed by atoms with E-state index in [-0.39, 0.29) is 23.4 Å². The van der Waals surface area contributed by atoms with Gasteiger partial charge in [0.1, 0.15) is 0 Å². The fraction of sp³-hybridized carbons (Fsp3) is 0.462. The second-order valence-electron chi connectivity index (χ2n) is 9.65. The molecule has 3 aliphatic rings. The summed E-state index contributed by atoms with van der Waals surface area (Å²) in [6.07, 6.45) is 2.94. The number of nitrogens with zero attached hydrogens (tertiary/aromatic N) is 2. The molecule has 3 heterocycles. The first-order chi connectivity index (χ1) is 15.5. The van der Waals surface area contributed by atoms with Crippen molar-refractivity contribution in [3.63, 3.8) is 0 Å². The molecular formula is C26H32N4O2. The van der Waals surface area contributed by atoms with E-state index in [0.29, 0.717) is 24.2 Å². The van der Waals surface area contributed by atoms with Gasteiger partial charge in [-0.15, -0.1) is 0 Å². The third-order valence-electron chi connectivity index (χ3n) is 7.36. The van der Waals surface area contributed by atoms with E-state index < -0.39 is 0 Å². The lowest BCUT2D eigenvalue weighted by Gasteiger charge is -2.45. The SMILES string of the molecule is CC(C)N1CCNc2cc(C(=O)N3CCC4(CC3)Cc3ccccc3CN4)ccc2C1=O. The number of likely N-dealkylation sites (tertiary alicyclic amines) is 1. The summed E-state index contributed by atoms with van der Waals surface area (Å²) in [6, 6.07) is 14.3. The molecule has 0 bridgehead atoms. The maximum atomic E-state index is 13.3. The predicted octanol–water partition coefficient (Wildman–Crippen LogP) is 3.28. The molecule has 2 aromatic rings. The zero-order chi connectivity index (χ0) is 22.3. The number of nitrogens with one attached hydrogen (secondary N) is 2. The number of fused-ring (bicyclic) bond motifs is 2.